The fourth-order valence-electron chi connectivity index (χ4n) is 4.42. The van der Waals surface area contributed by atoms with Crippen molar-refractivity contribution in [2.75, 3.05) is 40.4 Å². The normalized spacial score (nSPS) is 15.3. The van der Waals surface area contributed by atoms with Crippen LogP contribution in [0.25, 0.3) is 10.9 Å². The molecule has 0 amide bonds. The van der Waals surface area contributed by atoms with Gasteiger partial charge in [-0.25, -0.2) is 20.8 Å². The molecule has 0 bridgehead atoms. The van der Waals surface area contributed by atoms with Crippen LogP contribution in [0.15, 0.2) is 59.1 Å². The number of sulfonamides is 1. The highest BCUT2D eigenvalue weighted by molar-refractivity contribution is 7.90. The number of benzene rings is 2. The number of hydrogen-bond acceptors (Lipinski definition) is 8. The molecule has 3 aromatic rings. The average Bonchev–Trinajstić information content (AvgIpc) is 3.26. The van der Waals surface area contributed by atoms with Crippen LogP contribution in [0.5, 0.6) is 0 Å². The molecule has 0 atom stereocenters. The Hall–Kier alpha value is -3.50. The molecule has 10 nitrogen and oxygen atoms in total. The summed E-state index contributed by atoms with van der Waals surface area (Å²) in [5.41, 5.74) is 1.60. The first-order valence-corrected chi connectivity index (χ1v) is 15.3. The highest BCUT2D eigenvalue weighted by Crippen LogP contribution is 2.31. The van der Waals surface area contributed by atoms with Crippen LogP contribution >= 0.6 is 0 Å². The minimum atomic E-state index is -4.31. The van der Waals surface area contributed by atoms with Crippen molar-refractivity contribution >= 4 is 36.7 Å². The van der Waals surface area contributed by atoms with E-state index in [2.05, 4.69) is 0 Å². The molecule has 1 aliphatic heterocycles. The Morgan fingerprint density at radius 1 is 1.05 bits per heavy atom. The molecule has 0 radical (unpaired) electrons. The van der Waals surface area contributed by atoms with Gasteiger partial charge in [0.05, 0.1) is 29.4 Å². The summed E-state index contributed by atoms with van der Waals surface area (Å²) in [5.74, 6) is -1.10. The number of aryl methyl sites for hydroxylation is 2. The SMILES string of the molecule is Cc1ccc(S(=O)(=O)n2c(C(=O)C(C#N)=CN(C)C)cc3cc(C)c(CS(=O)(=O)N4CCOCC4)cc32)cc1. The van der Waals surface area contributed by atoms with Crippen LogP contribution in [0.1, 0.15) is 27.2 Å². The number of allylic oxidation sites excluding steroid dienone is 1. The molecule has 1 aromatic heterocycles. The zero-order valence-electron chi connectivity index (χ0n) is 22.2. The topological polar surface area (TPSA) is 130 Å². The molecule has 0 unspecified atom stereocenters. The number of fused-ring (bicyclic) bond motifs is 1. The fraction of sp³-hybridized carbons (Fsp3) is 0.333. The summed E-state index contributed by atoms with van der Waals surface area (Å²) in [7, 11) is -4.72. The van der Waals surface area contributed by atoms with E-state index >= 15 is 0 Å². The van der Waals surface area contributed by atoms with Crippen molar-refractivity contribution in [3.8, 4) is 6.07 Å². The summed E-state index contributed by atoms with van der Waals surface area (Å²) in [6.07, 6.45) is 1.33. The molecule has 1 fully saturated rings. The Bertz CT molecular complexity index is 1710. The molecular formula is C27H30N4O6S2. The molecule has 2 aromatic carbocycles. The maximum Gasteiger partial charge on any atom is 0.268 e. The predicted octanol–water partition coefficient (Wildman–Crippen LogP) is 2.81. The highest BCUT2D eigenvalue weighted by Gasteiger charge is 2.30. The molecule has 39 heavy (non-hydrogen) atoms. The number of hydrogen-bond donors (Lipinski definition) is 0. The number of carbonyl (C=O) groups is 1. The average molecular weight is 571 g/mol. The van der Waals surface area contributed by atoms with Gasteiger partial charge in [0.1, 0.15) is 17.3 Å². The number of ketones is 1. The standard InChI is InChI=1S/C27H30N4O6S2/c1-19-5-7-24(8-6-19)39(35,36)31-25-15-22(18-38(33,34)30-9-11-37-12-10-30)20(2)13-21(25)14-26(31)27(32)23(16-28)17-29(3)4/h5-8,13-15,17H,9-12,18H2,1-4H3. The van der Waals surface area contributed by atoms with E-state index in [0.29, 0.717) is 29.7 Å². The Morgan fingerprint density at radius 3 is 2.28 bits per heavy atom. The smallest absolute Gasteiger partial charge is 0.268 e. The van der Waals surface area contributed by atoms with Crippen LogP contribution in [0, 0.1) is 25.2 Å². The molecular weight excluding hydrogens is 540 g/mol. The van der Waals surface area contributed by atoms with E-state index in [1.807, 2.05) is 13.0 Å². The van der Waals surface area contributed by atoms with Crippen molar-refractivity contribution in [1.82, 2.24) is 13.2 Å². The zero-order valence-corrected chi connectivity index (χ0v) is 23.8. The van der Waals surface area contributed by atoms with Gasteiger partial charge in [0, 0.05) is 38.8 Å². The van der Waals surface area contributed by atoms with Crippen molar-refractivity contribution in [2.24, 2.45) is 0 Å². The second-order valence-corrected chi connectivity index (χ2v) is 13.4. The predicted molar refractivity (Wildman–Crippen MR) is 147 cm³/mol. The minimum absolute atomic E-state index is 0.0437. The summed E-state index contributed by atoms with van der Waals surface area (Å²) in [5, 5.41) is 10.1. The lowest BCUT2D eigenvalue weighted by Crippen LogP contribution is -2.41. The zero-order chi connectivity index (χ0) is 28.5. The van der Waals surface area contributed by atoms with Crippen molar-refractivity contribution in [3.63, 3.8) is 0 Å². The number of ether oxygens (including phenoxy) is 1. The van der Waals surface area contributed by atoms with Crippen molar-refractivity contribution in [2.45, 2.75) is 24.5 Å². The van der Waals surface area contributed by atoms with Gasteiger partial charge in [-0.3, -0.25) is 4.79 Å². The Labute approximate surface area is 228 Å². The van der Waals surface area contributed by atoms with Crippen LogP contribution in [0.3, 0.4) is 0 Å². The van der Waals surface area contributed by atoms with Gasteiger partial charge in [0.2, 0.25) is 15.8 Å². The summed E-state index contributed by atoms with van der Waals surface area (Å²) >= 11 is 0. The van der Waals surface area contributed by atoms with Crippen LogP contribution < -0.4 is 0 Å². The molecule has 206 valence electrons. The number of nitrogens with zero attached hydrogens (tertiary/aromatic N) is 4. The van der Waals surface area contributed by atoms with Gasteiger partial charge in [0.15, 0.2) is 0 Å². The number of morpholine rings is 1. The number of nitriles is 1. The van der Waals surface area contributed by atoms with Crippen molar-refractivity contribution in [3.05, 3.63) is 76.6 Å². The van der Waals surface area contributed by atoms with Gasteiger partial charge >= 0.3 is 0 Å². The van der Waals surface area contributed by atoms with E-state index in [9.17, 15) is 26.9 Å². The molecule has 0 aliphatic carbocycles. The van der Waals surface area contributed by atoms with Crippen LogP contribution in [0.4, 0.5) is 0 Å². The van der Waals surface area contributed by atoms with Crippen LogP contribution in [-0.4, -0.2) is 76.2 Å². The summed E-state index contributed by atoms with van der Waals surface area (Å²) < 4.78 is 61.8. The third kappa shape index (κ3) is 5.77. The Kier molecular flexibility index (Phi) is 7.99. The first kappa shape index (κ1) is 28.5. The molecule has 1 aliphatic rings. The van der Waals surface area contributed by atoms with E-state index in [1.54, 1.807) is 39.2 Å². The third-order valence-corrected chi connectivity index (χ3v) is 10.0. The summed E-state index contributed by atoms with van der Waals surface area (Å²) in [6.45, 7) is 4.67. The quantitative estimate of drug-likeness (QED) is 0.230. The van der Waals surface area contributed by atoms with Gasteiger partial charge < -0.3 is 9.64 Å². The van der Waals surface area contributed by atoms with Gasteiger partial charge in [-0.2, -0.15) is 9.57 Å². The number of carbonyl (C=O) groups excluding carboxylic acids is 1. The van der Waals surface area contributed by atoms with E-state index < -0.39 is 25.8 Å². The molecule has 0 N–H and O–H groups in total. The molecule has 2 heterocycles. The van der Waals surface area contributed by atoms with Gasteiger partial charge in [-0.05, 0) is 55.3 Å². The first-order chi connectivity index (χ1) is 18.3. The van der Waals surface area contributed by atoms with Gasteiger partial charge in [0.25, 0.3) is 10.0 Å². The van der Waals surface area contributed by atoms with Gasteiger partial charge in [-0.1, -0.05) is 17.7 Å². The lowest BCUT2D eigenvalue weighted by molar-refractivity contribution is 0.0729. The van der Waals surface area contributed by atoms with E-state index in [4.69, 9.17) is 4.74 Å². The van der Waals surface area contributed by atoms with E-state index in [-0.39, 0.29) is 40.5 Å². The summed E-state index contributed by atoms with van der Waals surface area (Å²) in [6, 6.07) is 12.7. The van der Waals surface area contributed by atoms with E-state index in [1.165, 1.54) is 39.7 Å². The highest BCUT2D eigenvalue weighted by atomic mass is 32.2. The lowest BCUT2D eigenvalue weighted by atomic mass is 10.1. The van der Waals surface area contributed by atoms with E-state index in [0.717, 1.165) is 9.54 Å². The Balaban J connectivity index is 1.95. The van der Waals surface area contributed by atoms with Crippen LogP contribution in [-0.2, 0) is 30.5 Å². The maximum atomic E-state index is 14.0. The molecule has 4 rings (SSSR count). The minimum Gasteiger partial charge on any atom is -0.382 e. The molecule has 12 heteroatoms. The first-order valence-electron chi connectivity index (χ1n) is 12.2. The number of aromatic nitrogens is 1. The molecule has 1 saturated heterocycles. The second kappa shape index (κ2) is 10.9. The van der Waals surface area contributed by atoms with Crippen molar-refractivity contribution in [1.29, 1.82) is 5.26 Å². The maximum absolute atomic E-state index is 14.0. The second-order valence-electron chi connectivity index (χ2n) is 9.66. The lowest BCUT2D eigenvalue weighted by Gasteiger charge is -2.26. The largest absolute Gasteiger partial charge is 0.382 e. The fourth-order valence-corrected chi connectivity index (χ4v) is 7.52. The van der Waals surface area contributed by atoms with Crippen LogP contribution in [0.2, 0.25) is 0 Å². The van der Waals surface area contributed by atoms with Gasteiger partial charge in [-0.15, -0.1) is 0 Å². The number of rotatable bonds is 8. The Morgan fingerprint density at radius 2 is 1.69 bits per heavy atom. The third-order valence-electron chi connectivity index (χ3n) is 6.46. The summed E-state index contributed by atoms with van der Waals surface area (Å²) in [4.78, 5) is 15.0. The molecule has 0 spiro atoms. The monoisotopic (exact) mass is 570 g/mol. The molecule has 0 saturated carbocycles. The van der Waals surface area contributed by atoms with Crippen molar-refractivity contribution < 1.29 is 26.4 Å². The number of Topliss-reactive ketones (excluding diaryl/α,β-unsaturated/α-hetero) is 1.